The van der Waals surface area contributed by atoms with E-state index in [2.05, 4.69) is 0 Å². The molecule has 0 aromatic heterocycles. The number of hydrogen-bond donors (Lipinski definition) is 1. The minimum absolute atomic E-state index is 0.461. The van der Waals surface area contributed by atoms with Crippen LogP contribution in [0.1, 0.15) is 16.7 Å². The van der Waals surface area contributed by atoms with E-state index in [0.29, 0.717) is 11.3 Å². The summed E-state index contributed by atoms with van der Waals surface area (Å²) < 4.78 is 0. The molecule has 1 rings (SSSR count). The first-order valence-electron chi connectivity index (χ1n) is 3.40. The molecular weight excluding hydrogens is 138 g/mol. The van der Waals surface area contributed by atoms with Crippen LogP contribution < -0.4 is 5.73 Å². The summed E-state index contributed by atoms with van der Waals surface area (Å²) in [4.78, 5) is 10.3. The monoisotopic (exact) mass is 148 g/mol. The summed E-state index contributed by atoms with van der Waals surface area (Å²) >= 11 is 0. The van der Waals surface area contributed by atoms with Crippen LogP contribution in [0.3, 0.4) is 0 Å². The van der Waals surface area contributed by atoms with E-state index < -0.39 is 0 Å². The summed E-state index contributed by atoms with van der Waals surface area (Å²) in [5.41, 5.74) is 8.56. The van der Waals surface area contributed by atoms with Gasteiger partial charge >= 0.3 is 0 Å². The van der Waals surface area contributed by atoms with Gasteiger partial charge in [-0.3, -0.25) is 4.79 Å². The molecule has 0 saturated heterocycles. The lowest BCUT2D eigenvalue weighted by Crippen LogP contribution is -1.96. The van der Waals surface area contributed by atoms with Crippen LogP contribution in [0.5, 0.6) is 0 Å². The molecule has 0 saturated carbocycles. The second-order valence-corrected chi connectivity index (χ2v) is 2.65. The highest BCUT2D eigenvalue weighted by molar-refractivity contribution is 5.85. The van der Waals surface area contributed by atoms with Gasteiger partial charge < -0.3 is 5.73 Å². The van der Waals surface area contributed by atoms with E-state index in [9.17, 15) is 4.79 Å². The van der Waals surface area contributed by atoms with Crippen molar-refractivity contribution < 1.29 is 4.79 Å². The predicted molar refractivity (Wildman–Crippen MR) is 45.1 cm³/mol. The van der Waals surface area contributed by atoms with Crippen LogP contribution in [-0.2, 0) is 4.79 Å². The van der Waals surface area contributed by atoms with Gasteiger partial charge in [0.1, 0.15) is 0 Å². The third-order valence-electron chi connectivity index (χ3n) is 1.64. The Morgan fingerprint density at radius 3 is 2.55 bits per heavy atom. The molecule has 2 heteroatoms. The second kappa shape index (κ2) is 2.74. The van der Waals surface area contributed by atoms with E-state index in [-0.39, 0.29) is 0 Å². The maximum absolute atomic E-state index is 10.3. The summed E-state index contributed by atoms with van der Waals surface area (Å²) in [7, 11) is 0. The number of nitrogen functional groups attached to an aromatic ring is 1. The second-order valence-electron chi connectivity index (χ2n) is 2.65. The van der Waals surface area contributed by atoms with Gasteiger partial charge in [-0.15, -0.1) is 0 Å². The summed E-state index contributed by atoms with van der Waals surface area (Å²) in [6.07, 6.45) is 1.80. The number of hydrogen-bond acceptors (Lipinski definition) is 2. The van der Waals surface area contributed by atoms with Gasteiger partial charge in [-0.05, 0) is 31.0 Å². The summed E-state index contributed by atoms with van der Waals surface area (Å²) in [6, 6.07) is 3.67. The highest BCUT2D eigenvalue weighted by Gasteiger charge is 2.01. The molecule has 0 spiro atoms. The smallest absolute Gasteiger partial charge is 0.235 e. The van der Waals surface area contributed by atoms with Crippen molar-refractivity contribution in [2.45, 2.75) is 13.8 Å². The highest BCUT2D eigenvalue weighted by atomic mass is 16.1. The van der Waals surface area contributed by atoms with Gasteiger partial charge in [0.2, 0.25) is 6.29 Å². The molecule has 0 bridgehead atoms. The standard InChI is InChI=1S/C9H10NO/c1-6-3-7(2)9(10)8(4-6)5-11/h3-4H,10H2,1-2H3. The molecule has 1 aromatic carbocycles. The average molecular weight is 148 g/mol. The third-order valence-corrected chi connectivity index (χ3v) is 1.64. The molecule has 0 aliphatic carbocycles. The Balaban J connectivity index is 3.35. The summed E-state index contributed by atoms with van der Waals surface area (Å²) in [5.74, 6) is 0. The Bertz CT molecular complexity index is 292. The van der Waals surface area contributed by atoms with Crippen molar-refractivity contribution in [3.63, 3.8) is 0 Å². The number of anilines is 1. The fourth-order valence-corrected chi connectivity index (χ4v) is 1.06. The Hall–Kier alpha value is -1.31. The van der Waals surface area contributed by atoms with E-state index in [1.165, 1.54) is 0 Å². The SMILES string of the molecule is Cc1cc(C)c(N)c([C]=O)c1. The minimum Gasteiger partial charge on any atom is -0.398 e. The molecule has 0 unspecified atom stereocenters. The largest absolute Gasteiger partial charge is 0.398 e. The van der Waals surface area contributed by atoms with Crippen LogP contribution in [0.2, 0.25) is 0 Å². The molecule has 0 amide bonds. The molecule has 2 nitrogen and oxygen atoms in total. The molecule has 0 aliphatic heterocycles. The third kappa shape index (κ3) is 1.40. The van der Waals surface area contributed by atoms with Gasteiger partial charge in [-0.25, -0.2) is 0 Å². The molecule has 0 fully saturated rings. The van der Waals surface area contributed by atoms with Crippen molar-refractivity contribution in [2.75, 3.05) is 5.73 Å². The fourth-order valence-electron chi connectivity index (χ4n) is 1.06. The zero-order valence-corrected chi connectivity index (χ0v) is 6.64. The molecule has 11 heavy (non-hydrogen) atoms. The lowest BCUT2D eigenvalue weighted by atomic mass is 10.1. The molecule has 57 valence electrons. The molecule has 2 N–H and O–H groups in total. The Morgan fingerprint density at radius 2 is 2.00 bits per heavy atom. The highest BCUT2D eigenvalue weighted by Crippen LogP contribution is 2.16. The van der Waals surface area contributed by atoms with Gasteiger partial charge in [0.15, 0.2) is 0 Å². The quantitative estimate of drug-likeness (QED) is 0.611. The van der Waals surface area contributed by atoms with Crippen LogP contribution in [0.25, 0.3) is 0 Å². The minimum atomic E-state index is 0.461. The van der Waals surface area contributed by atoms with Crippen LogP contribution in [0, 0.1) is 13.8 Å². The summed E-state index contributed by atoms with van der Waals surface area (Å²) in [6.45, 7) is 3.80. The van der Waals surface area contributed by atoms with Crippen molar-refractivity contribution in [3.8, 4) is 0 Å². The van der Waals surface area contributed by atoms with E-state index in [4.69, 9.17) is 5.73 Å². The Labute approximate surface area is 66.0 Å². The molecule has 0 atom stereocenters. The van der Waals surface area contributed by atoms with E-state index in [0.717, 1.165) is 11.1 Å². The van der Waals surface area contributed by atoms with Crippen LogP contribution in [0.4, 0.5) is 5.69 Å². The van der Waals surface area contributed by atoms with Gasteiger partial charge in [-0.2, -0.15) is 0 Å². The van der Waals surface area contributed by atoms with E-state index in [1.807, 2.05) is 19.9 Å². The van der Waals surface area contributed by atoms with Crippen molar-refractivity contribution in [2.24, 2.45) is 0 Å². The maximum Gasteiger partial charge on any atom is 0.235 e. The van der Waals surface area contributed by atoms with Crippen molar-refractivity contribution in [1.82, 2.24) is 0 Å². The average Bonchev–Trinajstić information content (AvgIpc) is 1.96. The number of rotatable bonds is 1. The van der Waals surface area contributed by atoms with Gasteiger partial charge in [0.25, 0.3) is 0 Å². The number of nitrogens with two attached hydrogens (primary N) is 1. The zero-order chi connectivity index (χ0) is 8.43. The van der Waals surface area contributed by atoms with Crippen LogP contribution in [0.15, 0.2) is 12.1 Å². The number of benzene rings is 1. The lowest BCUT2D eigenvalue weighted by Gasteiger charge is -2.03. The first-order chi connectivity index (χ1) is 5.15. The predicted octanol–water partition coefficient (Wildman–Crippen LogP) is 1.34. The first kappa shape index (κ1) is 7.79. The summed E-state index contributed by atoms with van der Waals surface area (Å²) in [5, 5.41) is 0. The van der Waals surface area contributed by atoms with E-state index in [1.54, 1.807) is 12.4 Å². The Morgan fingerprint density at radius 1 is 1.36 bits per heavy atom. The van der Waals surface area contributed by atoms with Crippen molar-refractivity contribution in [1.29, 1.82) is 0 Å². The fraction of sp³-hybridized carbons (Fsp3) is 0.222. The zero-order valence-electron chi connectivity index (χ0n) is 6.64. The molecular formula is C9H10NO. The lowest BCUT2D eigenvalue weighted by molar-refractivity contribution is 0.563. The van der Waals surface area contributed by atoms with Crippen LogP contribution in [-0.4, -0.2) is 6.29 Å². The van der Waals surface area contributed by atoms with E-state index >= 15 is 0 Å². The van der Waals surface area contributed by atoms with Gasteiger partial charge in [0.05, 0.1) is 0 Å². The van der Waals surface area contributed by atoms with Gasteiger partial charge in [0, 0.05) is 11.3 Å². The first-order valence-corrected chi connectivity index (χ1v) is 3.40. The van der Waals surface area contributed by atoms with Crippen LogP contribution >= 0.6 is 0 Å². The number of aryl methyl sites for hydroxylation is 2. The number of carbonyl (C=O) groups excluding carboxylic acids is 1. The Kier molecular flexibility index (Phi) is 1.94. The molecule has 1 radical (unpaired) electrons. The normalized spacial score (nSPS) is 9.64. The molecule has 0 aliphatic rings. The van der Waals surface area contributed by atoms with Crippen molar-refractivity contribution >= 4 is 12.0 Å². The topological polar surface area (TPSA) is 43.1 Å². The van der Waals surface area contributed by atoms with Crippen molar-refractivity contribution in [3.05, 3.63) is 28.8 Å². The van der Waals surface area contributed by atoms with Gasteiger partial charge in [-0.1, -0.05) is 6.07 Å². The molecule has 1 aromatic rings. The molecule has 0 heterocycles. The maximum atomic E-state index is 10.3.